The number of nitrogens with one attached hydrogen (secondary N) is 2. The summed E-state index contributed by atoms with van der Waals surface area (Å²) in [5.74, 6) is -0.536. The molecule has 0 saturated heterocycles. The predicted octanol–water partition coefficient (Wildman–Crippen LogP) is 4.75. The lowest BCUT2D eigenvalue weighted by molar-refractivity contribution is -0.120. The number of halogens is 1. The van der Waals surface area contributed by atoms with Crippen molar-refractivity contribution in [3.8, 4) is 5.75 Å². The van der Waals surface area contributed by atoms with Crippen LogP contribution in [0.4, 0.5) is 4.39 Å². The van der Waals surface area contributed by atoms with Crippen molar-refractivity contribution < 1.29 is 18.7 Å². The highest BCUT2D eigenvalue weighted by Gasteiger charge is 2.10. The van der Waals surface area contributed by atoms with Crippen LogP contribution in [0.2, 0.25) is 0 Å². The number of carbonyl (C=O) groups excluding carboxylic acids is 2. The van der Waals surface area contributed by atoms with Crippen molar-refractivity contribution in [2.75, 3.05) is 6.54 Å². The third-order valence-corrected chi connectivity index (χ3v) is 5.31. The highest BCUT2D eigenvalue weighted by atomic mass is 19.1. The van der Waals surface area contributed by atoms with Crippen molar-refractivity contribution in [1.29, 1.82) is 0 Å². The highest BCUT2D eigenvalue weighted by molar-refractivity contribution is 6.03. The summed E-state index contributed by atoms with van der Waals surface area (Å²) in [5, 5.41) is 8.54. The summed E-state index contributed by atoms with van der Waals surface area (Å²) in [7, 11) is 0. The van der Waals surface area contributed by atoms with E-state index in [-0.39, 0.29) is 24.9 Å². The van der Waals surface area contributed by atoms with E-state index in [9.17, 15) is 14.0 Å². The largest absolute Gasteiger partial charge is 0.488 e. The van der Waals surface area contributed by atoms with Gasteiger partial charge in [0.05, 0.1) is 12.8 Å². The standard InChI is InChI=1S/C28H24FN3O3/c1-19-5-4-7-22(15-19)28(34)30-17-27(33)32-31-16-25-24-8-3-2-6-21(24)11-14-26(25)35-18-20-9-12-23(29)13-10-20/h2-16H,17-18H2,1H3,(H,30,34)(H,32,33)/b31-16-. The van der Waals surface area contributed by atoms with Gasteiger partial charge in [-0.1, -0.05) is 60.2 Å². The number of nitrogens with zero attached hydrogens (tertiary/aromatic N) is 1. The Morgan fingerprint density at radius 2 is 1.77 bits per heavy atom. The molecule has 6 nitrogen and oxygen atoms in total. The van der Waals surface area contributed by atoms with E-state index in [1.807, 2.05) is 49.4 Å². The maximum Gasteiger partial charge on any atom is 0.259 e. The first-order chi connectivity index (χ1) is 17.0. The topological polar surface area (TPSA) is 79.8 Å². The fourth-order valence-corrected chi connectivity index (χ4v) is 3.53. The first-order valence-electron chi connectivity index (χ1n) is 11.1. The van der Waals surface area contributed by atoms with Gasteiger partial charge in [0.25, 0.3) is 11.8 Å². The number of amides is 2. The fourth-order valence-electron chi connectivity index (χ4n) is 3.53. The Kier molecular flexibility index (Phi) is 7.47. The van der Waals surface area contributed by atoms with Gasteiger partial charge in [-0.3, -0.25) is 9.59 Å². The van der Waals surface area contributed by atoms with Crippen molar-refractivity contribution in [3.63, 3.8) is 0 Å². The Morgan fingerprint density at radius 3 is 2.57 bits per heavy atom. The predicted molar refractivity (Wildman–Crippen MR) is 134 cm³/mol. The van der Waals surface area contributed by atoms with Crippen molar-refractivity contribution >= 4 is 28.8 Å². The number of hydrogen-bond acceptors (Lipinski definition) is 4. The van der Waals surface area contributed by atoms with Crippen LogP contribution < -0.4 is 15.5 Å². The van der Waals surface area contributed by atoms with Crippen LogP contribution in [0.3, 0.4) is 0 Å². The number of fused-ring (bicyclic) bond motifs is 1. The minimum Gasteiger partial charge on any atom is -0.488 e. The van der Waals surface area contributed by atoms with Crippen LogP contribution in [-0.2, 0) is 11.4 Å². The van der Waals surface area contributed by atoms with E-state index in [0.29, 0.717) is 16.9 Å². The zero-order chi connectivity index (χ0) is 24.6. The summed E-state index contributed by atoms with van der Waals surface area (Å²) in [6, 6.07) is 24.7. The molecule has 0 bridgehead atoms. The lowest BCUT2D eigenvalue weighted by atomic mass is 10.0. The maximum absolute atomic E-state index is 13.2. The Morgan fingerprint density at radius 1 is 0.971 bits per heavy atom. The van der Waals surface area contributed by atoms with E-state index < -0.39 is 5.91 Å². The first kappa shape index (κ1) is 23.6. The summed E-state index contributed by atoms with van der Waals surface area (Å²) in [6.45, 7) is 1.92. The summed E-state index contributed by atoms with van der Waals surface area (Å²) in [5.41, 5.74) is 5.39. The molecule has 0 atom stereocenters. The van der Waals surface area contributed by atoms with E-state index in [4.69, 9.17) is 4.74 Å². The van der Waals surface area contributed by atoms with E-state index >= 15 is 0 Å². The molecule has 0 saturated carbocycles. The molecule has 0 spiro atoms. The van der Waals surface area contributed by atoms with Gasteiger partial charge in [-0.15, -0.1) is 0 Å². The minimum atomic E-state index is -0.462. The van der Waals surface area contributed by atoms with Gasteiger partial charge in [0.1, 0.15) is 18.2 Å². The lowest BCUT2D eigenvalue weighted by Crippen LogP contribution is -2.34. The number of carbonyl (C=O) groups is 2. The van der Waals surface area contributed by atoms with Crippen LogP contribution in [0.15, 0.2) is 90.0 Å². The van der Waals surface area contributed by atoms with Gasteiger partial charge in [0, 0.05) is 11.1 Å². The summed E-state index contributed by atoms with van der Waals surface area (Å²) in [4.78, 5) is 24.4. The maximum atomic E-state index is 13.2. The molecule has 176 valence electrons. The van der Waals surface area contributed by atoms with Crippen molar-refractivity contribution in [3.05, 3.63) is 113 Å². The second-order valence-electron chi connectivity index (χ2n) is 7.96. The van der Waals surface area contributed by atoms with E-state index in [2.05, 4.69) is 15.8 Å². The molecule has 2 amide bonds. The number of benzene rings is 4. The summed E-state index contributed by atoms with van der Waals surface area (Å²) >= 11 is 0. The van der Waals surface area contributed by atoms with Crippen LogP contribution in [0.25, 0.3) is 10.8 Å². The lowest BCUT2D eigenvalue weighted by Gasteiger charge is -2.12. The number of hydrogen-bond donors (Lipinski definition) is 2. The Balaban J connectivity index is 1.43. The Labute approximate surface area is 202 Å². The molecule has 0 fully saturated rings. The number of aryl methyl sites for hydroxylation is 1. The third-order valence-electron chi connectivity index (χ3n) is 5.31. The van der Waals surface area contributed by atoms with Crippen molar-refractivity contribution in [1.82, 2.24) is 10.7 Å². The molecular weight excluding hydrogens is 445 g/mol. The van der Waals surface area contributed by atoms with Crippen LogP contribution in [0.5, 0.6) is 5.75 Å². The molecule has 0 unspecified atom stereocenters. The van der Waals surface area contributed by atoms with Crippen LogP contribution >= 0.6 is 0 Å². The molecule has 7 heteroatoms. The van der Waals surface area contributed by atoms with Gasteiger partial charge in [0.2, 0.25) is 0 Å². The summed E-state index contributed by atoms with van der Waals surface area (Å²) < 4.78 is 19.2. The average molecular weight is 470 g/mol. The molecule has 0 aliphatic rings. The number of ether oxygens (including phenoxy) is 1. The second-order valence-corrected chi connectivity index (χ2v) is 7.96. The van der Waals surface area contributed by atoms with Gasteiger partial charge in [-0.25, -0.2) is 9.82 Å². The van der Waals surface area contributed by atoms with E-state index in [0.717, 1.165) is 21.9 Å². The zero-order valence-corrected chi connectivity index (χ0v) is 19.1. The van der Waals surface area contributed by atoms with Gasteiger partial charge in [-0.05, 0) is 53.6 Å². The quantitative estimate of drug-likeness (QED) is 0.289. The molecule has 0 aromatic heterocycles. The molecular formula is C28H24FN3O3. The molecule has 4 aromatic carbocycles. The first-order valence-corrected chi connectivity index (χ1v) is 11.1. The molecule has 0 aliphatic carbocycles. The number of rotatable bonds is 8. The van der Waals surface area contributed by atoms with Crippen LogP contribution in [0, 0.1) is 12.7 Å². The molecule has 0 aliphatic heterocycles. The van der Waals surface area contributed by atoms with Crippen LogP contribution in [0.1, 0.15) is 27.0 Å². The molecule has 4 rings (SSSR count). The van der Waals surface area contributed by atoms with Gasteiger partial charge in [0.15, 0.2) is 0 Å². The smallest absolute Gasteiger partial charge is 0.259 e. The monoisotopic (exact) mass is 469 g/mol. The summed E-state index contributed by atoms with van der Waals surface area (Å²) in [6.07, 6.45) is 1.52. The SMILES string of the molecule is Cc1cccc(C(=O)NCC(=O)N/N=C\c2c(OCc3ccc(F)cc3)ccc3ccccc23)c1. The number of hydrazone groups is 1. The Bertz CT molecular complexity index is 1380. The average Bonchev–Trinajstić information content (AvgIpc) is 2.87. The fraction of sp³-hybridized carbons (Fsp3) is 0.107. The molecule has 35 heavy (non-hydrogen) atoms. The van der Waals surface area contributed by atoms with Crippen molar-refractivity contribution in [2.24, 2.45) is 5.10 Å². The molecule has 0 radical (unpaired) electrons. The van der Waals surface area contributed by atoms with E-state index in [1.54, 1.807) is 30.3 Å². The normalized spacial score (nSPS) is 10.9. The third kappa shape index (κ3) is 6.29. The van der Waals surface area contributed by atoms with Gasteiger partial charge < -0.3 is 10.1 Å². The Hall–Kier alpha value is -4.52. The van der Waals surface area contributed by atoms with Crippen LogP contribution in [-0.4, -0.2) is 24.6 Å². The zero-order valence-electron chi connectivity index (χ0n) is 19.1. The molecule has 4 aromatic rings. The second kappa shape index (κ2) is 11.1. The van der Waals surface area contributed by atoms with E-state index in [1.165, 1.54) is 18.3 Å². The van der Waals surface area contributed by atoms with Gasteiger partial charge in [-0.2, -0.15) is 5.10 Å². The molecule has 0 heterocycles. The van der Waals surface area contributed by atoms with Crippen molar-refractivity contribution in [2.45, 2.75) is 13.5 Å². The minimum absolute atomic E-state index is 0.215. The molecule has 2 N–H and O–H groups in total. The highest BCUT2D eigenvalue weighted by Crippen LogP contribution is 2.27. The van der Waals surface area contributed by atoms with Gasteiger partial charge >= 0.3 is 0 Å².